The van der Waals surface area contributed by atoms with Crippen LogP contribution in [0.1, 0.15) is 12.5 Å². The summed E-state index contributed by atoms with van der Waals surface area (Å²) in [4.78, 5) is 11.0. The zero-order valence-electron chi connectivity index (χ0n) is 9.38. The van der Waals surface area contributed by atoms with E-state index < -0.39 is 0 Å². The third-order valence-corrected chi connectivity index (χ3v) is 1.95. The summed E-state index contributed by atoms with van der Waals surface area (Å²) in [5.41, 5.74) is 1.58. The number of hydrogen-bond acceptors (Lipinski definition) is 3. The second kappa shape index (κ2) is 4.68. The van der Waals surface area contributed by atoms with Crippen LogP contribution in [0, 0.1) is 6.92 Å². The summed E-state index contributed by atoms with van der Waals surface area (Å²) in [5, 5.41) is 2.68. The Bertz CT molecular complexity index is 349. The standard InChI is InChI=1S/C11H15NO3/c1-7-5-9(14-3)11(12-8(2)13)10(6-7)15-4/h5-6H,1-4H3,(H,12,13). The van der Waals surface area contributed by atoms with Gasteiger partial charge in [-0.05, 0) is 24.6 Å². The Morgan fingerprint density at radius 2 is 1.67 bits per heavy atom. The first-order chi connectivity index (χ1) is 7.08. The second-order valence-electron chi connectivity index (χ2n) is 3.23. The quantitative estimate of drug-likeness (QED) is 0.827. The molecular weight excluding hydrogens is 194 g/mol. The molecule has 0 aliphatic heterocycles. The maximum Gasteiger partial charge on any atom is 0.221 e. The van der Waals surface area contributed by atoms with Gasteiger partial charge < -0.3 is 14.8 Å². The first kappa shape index (κ1) is 11.4. The lowest BCUT2D eigenvalue weighted by atomic mass is 10.2. The van der Waals surface area contributed by atoms with Crippen LogP contribution in [0.25, 0.3) is 0 Å². The van der Waals surface area contributed by atoms with Crippen LogP contribution < -0.4 is 14.8 Å². The van der Waals surface area contributed by atoms with Crippen LogP contribution in [0.5, 0.6) is 11.5 Å². The minimum absolute atomic E-state index is 0.157. The fourth-order valence-corrected chi connectivity index (χ4v) is 1.34. The summed E-state index contributed by atoms with van der Waals surface area (Å²) in [6, 6.07) is 3.68. The van der Waals surface area contributed by atoms with Crippen LogP contribution in [0.4, 0.5) is 5.69 Å². The number of nitrogens with one attached hydrogen (secondary N) is 1. The highest BCUT2D eigenvalue weighted by molar-refractivity contribution is 5.92. The third-order valence-electron chi connectivity index (χ3n) is 1.95. The number of aryl methyl sites for hydroxylation is 1. The van der Waals surface area contributed by atoms with Crippen molar-refractivity contribution in [3.63, 3.8) is 0 Å². The zero-order valence-corrected chi connectivity index (χ0v) is 9.38. The van der Waals surface area contributed by atoms with E-state index in [1.54, 1.807) is 14.2 Å². The van der Waals surface area contributed by atoms with E-state index in [0.29, 0.717) is 17.2 Å². The Balaban J connectivity index is 3.23. The highest BCUT2D eigenvalue weighted by Gasteiger charge is 2.12. The molecule has 0 saturated carbocycles. The second-order valence-corrected chi connectivity index (χ2v) is 3.23. The topological polar surface area (TPSA) is 47.6 Å². The van der Waals surface area contributed by atoms with Crippen molar-refractivity contribution >= 4 is 11.6 Å². The van der Waals surface area contributed by atoms with E-state index in [2.05, 4.69) is 5.32 Å². The molecule has 0 aliphatic carbocycles. The lowest BCUT2D eigenvalue weighted by Crippen LogP contribution is -2.08. The molecule has 1 rings (SSSR count). The molecule has 15 heavy (non-hydrogen) atoms. The zero-order chi connectivity index (χ0) is 11.4. The van der Waals surface area contributed by atoms with Crippen molar-refractivity contribution < 1.29 is 14.3 Å². The SMILES string of the molecule is COc1cc(C)cc(OC)c1NC(C)=O. The maximum absolute atomic E-state index is 11.0. The van der Waals surface area contributed by atoms with E-state index in [1.807, 2.05) is 19.1 Å². The molecule has 82 valence electrons. The van der Waals surface area contributed by atoms with Crippen molar-refractivity contribution in [1.82, 2.24) is 0 Å². The highest BCUT2D eigenvalue weighted by Crippen LogP contribution is 2.35. The van der Waals surface area contributed by atoms with E-state index in [1.165, 1.54) is 6.92 Å². The maximum atomic E-state index is 11.0. The van der Waals surface area contributed by atoms with Crippen molar-refractivity contribution in [3.05, 3.63) is 17.7 Å². The monoisotopic (exact) mass is 209 g/mol. The summed E-state index contributed by atoms with van der Waals surface area (Å²) >= 11 is 0. The number of carbonyl (C=O) groups excluding carboxylic acids is 1. The summed E-state index contributed by atoms with van der Waals surface area (Å²) in [5.74, 6) is 1.04. The number of methoxy groups -OCH3 is 2. The summed E-state index contributed by atoms with van der Waals surface area (Å²) in [6.45, 7) is 3.38. The van der Waals surface area contributed by atoms with E-state index >= 15 is 0 Å². The van der Waals surface area contributed by atoms with Crippen LogP contribution in [0.15, 0.2) is 12.1 Å². The van der Waals surface area contributed by atoms with Gasteiger partial charge in [0.15, 0.2) is 0 Å². The average molecular weight is 209 g/mol. The highest BCUT2D eigenvalue weighted by atomic mass is 16.5. The van der Waals surface area contributed by atoms with E-state index in [4.69, 9.17) is 9.47 Å². The molecule has 0 saturated heterocycles. The smallest absolute Gasteiger partial charge is 0.221 e. The van der Waals surface area contributed by atoms with Crippen molar-refractivity contribution in [2.45, 2.75) is 13.8 Å². The lowest BCUT2D eigenvalue weighted by Gasteiger charge is -2.14. The van der Waals surface area contributed by atoms with E-state index in [9.17, 15) is 4.79 Å². The Kier molecular flexibility index (Phi) is 3.55. The van der Waals surface area contributed by atoms with Gasteiger partial charge in [0.05, 0.1) is 14.2 Å². The van der Waals surface area contributed by atoms with E-state index in [0.717, 1.165) is 5.56 Å². The Morgan fingerprint density at radius 3 is 2.00 bits per heavy atom. The van der Waals surface area contributed by atoms with Gasteiger partial charge in [0.1, 0.15) is 17.2 Å². The van der Waals surface area contributed by atoms with Crippen molar-refractivity contribution in [2.75, 3.05) is 19.5 Å². The molecule has 0 radical (unpaired) electrons. The Labute approximate surface area is 89.2 Å². The van der Waals surface area contributed by atoms with Gasteiger partial charge in [-0.25, -0.2) is 0 Å². The predicted octanol–water partition coefficient (Wildman–Crippen LogP) is 1.97. The van der Waals surface area contributed by atoms with Crippen LogP contribution in [-0.2, 0) is 4.79 Å². The first-order valence-corrected chi connectivity index (χ1v) is 4.58. The molecule has 0 atom stereocenters. The molecule has 4 nitrogen and oxygen atoms in total. The molecule has 1 amide bonds. The third kappa shape index (κ3) is 2.62. The molecule has 4 heteroatoms. The van der Waals surface area contributed by atoms with Crippen LogP contribution >= 0.6 is 0 Å². The lowest BCUT2D eigenvalue weighted by molar-refractivity contribution is -0.114. The number of amides is 1. The van der Waals surface area contributed by atoms with Gasteiger partial charge in [0, 0.05) is 6.92 Å². The van der Waals surface area contributed by atoms with Gasteiger partial charge in [0.25, 0.3) is 0 Å². The molecule has 0 aliphatic rings. The fraction of sp³-hybridized carbons (Fsp3) is 0.364. The number of ether oxygens (including phenoxy) is 2. The van der Waals surface area contributed by atoms with Gasteiger partial charge in [-0.2, -0.15) is 0 Å². The summed E-state index contributed by atoms with van der Waals surface area (Å²) in [7, 11) is 3.11. The molecule has 1 aromatic carbocycles. The molecule has 0 heterocycles. The van der Waals surface area contributed by atoms with Gasteiger partial charge >= 0.3 is 0 Å². The number of benzene rings is 1. The molecular formula is C11H15NO3. The molecule has 1 N–H and O–H groups in total. The molecule has 0 aromatic heterocycles. The number of rotatable bonds is 3. The average Bonchev–Trinajstić information content (AvgIpc) is 2.19. The summed E-state index contributed by atoms with van der Waals surface area (Å²) in [6.07, 6.45) is 0. The fourth-order valence-electron chi connectivity index (χ4n) is 1.34. The largest absolute Gasteiger partial charge is 0.494 e. The van der Waals surface area contributed by atoms with Gasteiger partial charge in [0.2, 0.25) is 5.91 Å². The minimum Gasteiger partial charge on any atom is -0.494 e. The molecule has 0 bridgehead atoms. The van der Waals surface area contributed by atoms with Crippen molar-refractivity contribution in [1.29, 1.82) is 0 Å². The van der Waals surface area contributed by atoms with Gasteiger partial charge in [-0.15, -0.1) is 0 Å². The summed E-state index contributed by atoms with van der Waals surface area (Å²) < 4.78 is 10.3. The Morgan fingerprint density at radius 1 is 1.20 bits per heavy atom. The molecule has 1 aromatic rings. The number of hydrogen-bond donors (Lipinski definition) is 1. The van der Waals surface area contributed by atoms with Gasteiger partial charge in [-0.3, -0.25) is 4.79 Å². The molecule has 0 unspecified atom stereocenters. The van der Waals surface area contributed by atoms with Crippen LogP contribution in [-0.4, -0.2) is 20.1 Å². The van der Waals surface area contributed by atoms with Crippen LogP contribution in [0.2, 0.25) is 0 Å². The predicted molar refractivity (Wildman–Crippen MR) is 58.6 cm³/mol. The minimum atomic E-state index is -0.157. The first-order valence-electron chi connectivity index (χ1n) is 4.58. The van der Waals surface area contributed by atoms with E-state index in [-0.39, 0.29) is 5.91 Å². The van der Waals surface area contributed by atoms with Crippen molar-refractivity contribution in [2.24, 2.45) is 0 Å². The van der Waals surface area contributed by atoms with Gasteiger partial charge in [-0.1, -0.05) is 0 Å². The van der Waals surface area contributed by atoms with Crippen molar-refractivity contribution in [3.8, 4) is 11.5 Å². The van der Waals surface area contributed by atoms with Crippen LogP contribution in [0.3, 0.4) is 0 Å². The normalized spacial score (nSPS) is 9.60. The molecule has 0 fully saturated rings. The number of anilines is 1. The molecule has 0 spiro atoms. The number of carbonyl (C=O) groups is 1. The Hall–Kier alpha value is -1.71.